The van der Waals surface area contributed by atoms with E-state index in [1.54, 1.807) is 13.3 Å². The van der Waals surface area contributed by atoms with Crippen LogP contribution in [-0.4, -0.2) is 32.2 Å². The molecule has 3 aromatic heterocycles. The summed E-state index contributed by atoms with van der Waals surface area (Å²) in [6, 6.07) is 8.11. The minimum Gasteiger partial charge on any atom is -0.462 e. The molecule has 0 saturated carbocycles. The maximum atomic E-state index is 12.1. The molecule has 0 N–H and O–H groups in total. The summed E-state index contributed by atoms with van der Waals surface area (Å²) in [5.41, 5.74) is 3.69. The highest BCUT2D eigenvalue weighted by molar-refractivity contribution is 7.20. The van der Waals surface area contributed by atoms with Crippen LogP contribution in [0.3, 0.4) is 0 Å². The van der Waals surface area contributed by atoms with Crippen molar-refractivity contribution in [3.05, 3.63) is 46.6 Å². The molecule has 0 unspecified atom stereocenters. The number of hydrogen-bond acceptors (Lipinski definition) is 6. The summed E-state index contributed by atoms with van der Waals surface area (Å²) < 4.78 is 7.00. The van der Waals surface area contributed by atoms with Gasteiger partial charge in [-0.15, -0.1) is 21.5 Å². The molecule has 0 atom stereocenters. The molecule has 126 valence electrons. The number of esters is 1. The molecule has 0 bridgehead atoms. The first-order valence-corrected chi connectivity index (χ1v) is 8.78. The lowest BCUT2D eigenvalue weighted by atomic mass is 10.1. The Morgan fingerprint density at radius 3 is 2.68 bits per heavy atom. The predicted molar refractivity (Wildman–Crippen MR) is 97.0 cm³/mol. The van der Waals surface area contributed by atoms with Crippen molar-refractivity contribution in [3.8, 4) is 11.4 Å². The van der Waals surface area contributed by atoms with Gasteiger partial charge in [0, 0.05) is 5.56 Å². The van der Waals surface area contributed by atoms with E-state index in [-0.39, 0.29) is 5.97 Å². The van der Waals surface area contributed by atoms with Gasteiger partial charge in [0.15, 0.2) is 11.5 Å². The summed E-state index contributed by atoms with van der Waals surface area (Å²) in [5, 5.41) is 9.54. The van der Waals surface area contributed by atoms with Crippen molar-refractivity contribution in [2.75, 3.05) is 6.61 Å². The highest BCUT2D eigenvalue weighted by Crippen LogP contribution is 2.33. The van der Waals surface area contributed by atoms with Crippen LogP contribution in [0.2, 0.25) is 0 Å². The van der Waals surface area contributed by atoms with Gasteiger partial charge in [-0.3, -0.25) is 4.40 Å². The monoisotopic (exact) mass is 352 g/mol. The first-order valence-electron chi connectivity index (χ1n) is 7.97. The van der Waals surface area contributed by atoms with E-state index in [0.29, 0.717) is 17.1 Å². The van der Waals surface area contributed by atoms with E-state index < -0.39 is 0 Å². The van der Waals surface area contributed by atoms with Crippen LogP contribution in [0.5, 0.6) is 0 Å². The van der Waals surface area contributed by atoms with Crippen LogP contribution >= 0.6 is 11.3 Å². The summed E-state index contributed by atoms with van der Waals surface area (Å²) in [7, 11) is 0. The van der Waals surface area contributed by atoms with Gasteiger partial charge < -0.3 is 4.74 Å². The van der Waals surface area contributed by atoms with Crippen LogP contribution in [0, 0.1) is 13.8 Å². The number of carbonyl (C=O) groups is 1. The number of nitrogens with zero attached hydrogens (tertiary/aromatic N) is 4. The number of aromatic nitrogens is 4. The Labute approximate surface area is 148 Å². The largest absolute Gasteiger partial charge is 0.462 e. The van der Waals surface area contributed by atoms with E-state index in [9.17, 15) is 4.79 Å². The molecule has 0 radical (unpaired) electrons. The second-order valence-electron chi connectivity index (χ2n) is 5.78. The summed E-state index contributed by atoms with van der Waals surface area (Å²) >= 11 is 1.33. The molecule has 0 aliphatic heterocycles. The molecule has 0 fully saturated rings. The molecule has 1 aromatic carbocycles. The first-order chi connectivity index (χ1) is 12.1. The second-order valence-corrected chi connectivity index (χ2v) is 6.78. The van der Waals surface area contributed by atoms with Crippen LogP contribution in [0.15, 0.2) is 30.6 Å². The fourth-order valence-corrected chi connectivity index (χ4v) is 3.86. The average molecular weight is 352 g/mol. The lowest BCUT2D eigenvalue weighted by Crippen LogP contribution is -2.03. The number of rotatable bonds is 3. The van der Waals surface area contributed by atoms with Crippen LogP contribution in [0.4, 0.5) is 0 Å². The molecule has 25 heavy (non-hydrogen) atoms. The van der Waals surface area contributed by atoms with Crippen molar-refractivity contribution < 1.29 is 9.53 Å². The fraction of sp³-hybridized carbons (Fsp3) is 0.222. The number of fused-ring (bicyclic) bond motifs is 3. The van der Waals surface area contributed by atoms with Gasteiger partial charge in [0.1, 0.15) is 16.0 Å². The molecule has 4 rings (SSSR count). The third-order valence-corrected chi connectivity index (χ3v) is 5.29. The van der Waals surface area contributed by atoms with Gasteiger partial charge >= 0.3 is 5.97 Å². The molecule has 6 nitrogen and oxygen atoms in total. The van der Waals surface area contributed by atoms with Gasteiger partial charge in [-0.2, -0.15) is 0 Å². The van der Waals surface area contributed by atoms with Gasteiger partial charge in [-0.05, 0) is 26.3 Å². The van der Waals surface area contributed by atoms with Gasteiger partial charge in [0.05, 0.1) is 12.0 Å². The molecule has 4 aromatic rings. The number of ether oxygens (including phenoxy) is 1. The number of thiophene rings is 1. The number of benzene rings is 1. The Kier molecular flexibility index (Phi) is 3.73. The zero-order chi connectivity index (χ0) is 17.6. The van der Waals surface area contributed by atoms with E-state index >= 15 is 0 Å². The molecular weight excluding hydrogens is 336 g/mol. The molecule has 3 heterocycles. The highest BCUT2D eigenvalue weighted by atomic mass is 32.1. The van der Waals surface area contributed by atoms with Crippen molar-refractivity contribution in [1.29, 1.82) is 0 Å². The van der Waals surface area contributed by atoms with Gasteiger partial charge in [-0.25, -0.2) is 9.78 Å². The van der Waals surface area contributed by atoms with Crippen molar-refractivity contribution in [2.45, 2.75) is 20.8 Å². The van der Waals surface area contributed by atoms with Crippen LogP contribution < -0.4 is 0 Å². The van der Waals surface area contributed by atoms with Gasteiger partial charge in [0.2, 0.25) is 0 Å². The summed E-state index contributed by atoms with van der Waals surface area (Å²) in [6.07, 6.45) is 1.71. The van der Waals surface area contributed by atoms with E-state index in [1.165, 1.54) is 16.9 Å². The van der Waals surface area contributed by atoms with E-state index in [4.69, 9.17) is 4.74 Å². The standard InChI is InChI=1S/C18H16N4O2S/c1-4-24-18(23)14-11(3)13-16-21-20-15(12-7-5-10(2)6-8-12)22(16)9-19-17(13)25-14/h5-9H,4H2,1-3H3. The third kappa shape index (κ3) is 2.47. The molecule has 0 saturated heterocycles. The lowest BCUT2D eigenvalue weighted by Gasteiger charge is -2.01. The van der Waals surface area contributed by atoms with Crippen molar-refractivity contribution in [2.24, 2.45) is 0 Å². The Hall–Kier alpha value is -2.80. The smallest absolute Gasteiger partial charge is 0.348 e. The zero-order valence-electron chi connectivity index (χ0n) is 14.1. The van der Waals surface area contributed by atoms with Crippen molar-refractivity contribution in [3.63, 3.8) is 0 Å². The molecule has 0 aliphatic carbocycles. The Morgan fingerprint density at radius 1 is 1.20 bits per heavy atom. The number of hydrogen-bond donors (Lipinski definition) is 0. The van der Waals surface area contributed by atoms with Crippen LogP contribution in [0.25, 0.3) is 27.3 Å². The van der Waals surface area contributed by atoms with E-state index in [2.05, 4.69) is 15.2 Å². The summed E-state index contributed by atoms with van der Waals surface area (Å²) in [5.74, 6) is 0.409. The normalized spacial score (nSPS) is 11.3. The zero-order valence-corrected chi connectivity index (χ0v) is 14.9. The average Bonchev–Trinajstić information content (AvgIpc) is 3.17. The first kappa shape index (κ1) is 15.7. The molecule has 0 amide bonds. The highest BCUT2D eigenvalue weighted by Gasteiger charge is 2.21. The summed E-state index contributed by atoms with van der Waals surface area (Å²) in [6.45, 7) is 6.08. The minimum atomic E-state index is -0.320. The lowest BCUT2D eigenvalue weighted by molar-refractivity contribution is 0.0531. The van der Waals surface area contributed by atoms with Crippen molar-refractivity contribution in [1.82, 2.24) is 19.6 Å². The SMILES string of the molecule is CCOC(=O)c1sc2ncn3c(-c4ccc(C)cc4)nnc3c2c1C. The number of aryl methyl sites for hydroxylation is 2. The fourth-order valence-electron chi connectivity index (χ4n) is 2.82. The Balaban J connectivity index is 1.93. The van der Waals surface area contributed by atoms with E-state index in [0.717, 1.165) is 27.2 Å². The Bertz CT molecular complexity index is 1100. The van der Waals surface area contributed by atoms with E-state index in [1.807, 2.05) is 42.5 Å². The second kappa shape index (κ2) is 5.93. The summed E-state index contributed by atoms with van der Waals surface area (Å²) in [4.78, 5) is 18.0. The Morgan fingerprint density at radius 2 is 1.96 bits per heavy atom. The predicted octanol–water partition coefficient (Wildman–Crippen LogP) is 3.80. The molecular formula is C18H16N4O2S. The minimum absolute atomic E-state index is 0.320. The van der Waals surface area contributed by atoms with Crippen LogP contribution in [0.1, 0.15) is 27.7 Å². The number of carbonyl (C=O) groups excluding carboxylic acids is 1. The molecule has 7 heteroatoms. The van der Waals surface area contributed by atoms with Gasteiger partial charge in [-0.1, -0.05) is 29.8 Å². The molecule has 0 aliphatic rings. The van der Waals surface area contributed by atoms with Gasteiger partial charge in [0.25, 0.3) is 0 Å². The maximum Gasteiger partial charge on any atom is 0.348 e. The van der Waals surface area contributed by atoms with Crippen molar-refractivity contribution >= 4 is 33.2 Å². The van der Waals surface area contributed by atoms with Crippen LogP contribution in [-0.2, 0) is 4.74 Å². The quantitative estimate of drug-likeness (QED) is 0.525. The third-order valence-electron chi connectivity index (χ3n) is 4.11. The topological polar surface area (TPSA) is 69.4 Å². The molecule has 0 spiro atoms. The maximum absolute atomic E-state index is 12.1.